The van der Waals surface area contributed by atoms with Gasteiger partial charge in [-0.3, -0.25) is 15.6 Å². The molecule has 1 aliphatic rings. The summed E-state index contributed by atoms with van der Waals surface area (Å²) in [5.41, 5.74) is 0. The van der Waals surface area contributed by atoms with Crippen LogP contribution in [-0.4, -0.2) is 31.6 Å². The second-order valence-corrected chi connectivity index (χ2v) is 1.95. The summed E-state index contributed by atoms with van der Waals surface area (Å²) >= 11 is 0. The van der Waals surface area contributed by atoms with Crippen molar-refractivity contribution in [2.24, 2.45) is 0 Å². The van der Waals surface area contributed by atoms with E-state index in [1.165, 1.54) is 0 Å². The molecule has 0 atom stereocenters. The van der Waals surface area contributed by atoms with E-state index in [0.717, 1.165) is 13.1 Å². The van der Waals surface area contributed by atoms with Crippen LogP contribution in [0.25, 0.3) is 0 Å². The van der Waals surface area contributed by atoms with Crippen molar-refractivity contribution in [3.63, 3.8) is 0 Å². The molecule has 0 aliphatic carbocycles. The summed E-state index contributed by atoms with van der Waals surface area (Å²) in [6, 6.07) is 0. The maximum absolute atomic E-state index is 9.91. The Hall–Kier alpha value is -1.26. The summed E-state index contributed by atoms with van der Waals surface area (Å²) in [7, 11) is 0. The minimum absolute atomic E-state index is 0.157. The molecule has 0 unspecified atom stereocenters. The Labute approximate surface area is 58.1 Å². The second-order valence-electron chi connectivity index (χ2n) is 1.95. The van der Waals surface area contributed by atoms with E-state index in [-0.39, 0.29) is 6.54 Å². The van der Waals surface area contributed by atoms with Gasteiger partial charge in [-0.1, -0.05) is 0 Å². The summed E-state index contributed by atoms with van der Waals surface area (Å²) < 4.78 is 0. The van der Waals surface area contributed by atoms with E-state index in [2.05, 4.69) is 15.6 Å². The van der Waals surface area contributed by atoms with Crippen LogP contribution in [0.5, 0.6) is 0 Å². The van der Waals surface area contributed by atoms with Crippen LogP contribution in [-0.2, 0) is 4.79 Å². The van der Waals surface area contributed by atoms with Gasteiger partial charge in [-0.2, -0.15) is 0 Å². The van der Waals surface area contributed by atoms with E-state index in [1.54, 1.807) is 0 Å². The zero-order valence-corrected chi connectivity index (χ0v) is 5.44. The van der Waals surface area contributed by atoms with Gasteiger partial charge in [0.25, 0.3) is 0 Å². The summed E-state index contributed by atoms with van der Waals surface area (Å²) in [6.45, 7) is 1.50. The molecule has 10 heavy (non-hydrogen) atoms. The Bertz CT molecular complexity index is 166. The van der Waals surface area contributed by atoms with E-state index in [9.17, 15) is 9.90 Å². The predicted molar refractivity (Wildman–Crippen MR) is 31.8 cm³/mol. The van der Waals surface area contributed by atoms with Gasteiger partial charge in [0.2, 0.25) is 0 Å². The summed E-state index contributed by atoms with van der Waals surface area (Å²) in [4.78, 5) is 12.8. The lowest BCUT2D eigenvalue weighted by atomic mass is 10.6. The van der Waals surface area contributed by atoms with Crippen LogP contribution in [0.1, 0.15) is 0 Å². The molecule has 0 amide bonds. The van der Waals surface area contributed by atoms with Gasteiger partial charge in [-0.25, -0.2) is 0 Å². The zero-order valence-electron chi connectivity index (χ0n) is 5.44. The average molecular weight is 143 g/mol. The van der Waals surface area contributed by atoms with E-state index in [1.807, 2.05) is 0 Å². The highest BCUT2D eigenvalue weighted by molar-refractivity contribution is 5.79. The van der Waals surface area contributed by atoms with Crippen molar-refractivity contribution in [1.29, 1.82) is 0 Å². The van der Waals surface area contributed by atoms with Crippen LogP contribution >= 0.6 is 0 Å². The average Bonchev–Trinajstić information content (AvgIpc) is 2.34. The molecule has 0 fully saturated rings. The number of carbonyl (C=O) groups excluding carboxylic acids is 1. The Kier molecular flexibility index (Phi) is 2.09. The molecular formula is C5H9N3O2. The van der Waals surface area contributed by atoms with Crippen molar-refractivity contribution in [2.45, 2.75) is 0 Å². The minimum Gasteiger partial charge on any atom is -0.547 e. The first-order valence-corrected chi connectivity index (χ1v) is 3.07. The normalized spacial score (nSPS) is 15.8. The van der Waals surface area contributed by atoms with Gasteiger partial charge in [-0.15, -0.1) is 0 Å². The number of carboxylic acid groups (broad SMARTS) is 1. The van der Waals surface area contributed by atoms with Gasteiger partial charge in [0.05, 0.1) is 19.1 Å². The molecule has 1 heterocycles. The van der Waals surface area contributed by atoms with Crippen LogP contribution in [0.15, 0.2) is 0 Å². The van der Waals surface area contributed by atoms with Crippen LogP contribution in [0.3, 0.4) is 0 Å². The van der Waals surface area contributed by atoms with Gasteiger partial charge >= 0.3 is 5.96 Å². The Morgan fingerprint density at radius 2 is 2.70 bits per heavy atom. The Balaban J connectivity index is 2.19. The van der Waals surface area contributed by atoms with E-state index >= 15 is 0 Å². The first-order valence-electron chi connectivity index (χ1n) is 3.07. The highest BCUT2D eigenvalue weighted by Gasteiger charge is 2.09. The standard InChI is InChI=1S/C5H9N3O2/c9-4(10)3-8-5-6-1-2-7-5/h1-3H2,(H,9,10)(H2,6,7,8). The van der Waals surface area contributed by atoms with E-state index < -0.39 is 5.97 Å². The van der Waals surface area contributed by atoms with Crippen LogP contribution in [0.2, 0.25) is 0 Å². The van der Waals surface area contributed by atoms with Crippen molar-refractivity contribution in [3.8, 4) is 0 Å². The number of rotatable bonds is 2. The molecule has 0 aromatic rings. The Morgan fingerprint density at radius 1 is 1.90 bits per heavy atom. The third-order valence-electron chi connectivity index (χ3n) is 1.14. The molecule has 0 radical (unpaired) electrons. The Morgan fingerprint density at radius 3 is 3.20 bits per heavy atom. The van der Waals surface area contributed by atoms with Crippen LogP contribution in [0.4, 0.5) is 0 Å². The predicted octanol–water partition coefficient (Wildman–Crippen LogP) is -4.63. The topological polar surface area (TPSA) is 78.2 Å². The fourth-order valence-electron chi connectivity index (χ4n) is 0.723. The number of hydrogen-bond donors (Lipinski definition) is 3. The number of aliphatic carboxylic acids is 1. The van der Waals surface area contributed by atoms with Gasteiger partial charge in [0, 0.05) is 0 Å². The number of carbonyl (C=O) groups is 1. The quantitative estimate of drug-likeness (QED) is 0.363. The van der Waals surface area contributed by atoms with Crippen molar-refractivity contribution in [2.75, 3.05) is 19.6 Å². The lowest BCUT2D eigenvalue weighted by Crippen LogP contribution is -2.74. The highest BCUT2D eigenvalue weighted by Crippen LogP contribution is 1.59. The first kappa shape index (κ1) is 6.85. The summed E-state index contributed by atoms with van der Waals surface area (Å²) in [5.74, 6) is -0.438. The molecule has 3 N–H and O–H groups in total. The van der Waals surface area contributed by atoms with Crippen molar-refractivity contribution < 1.29 is 14.9 Å². The van der Waals surface area contributed by atoms with Crippen molar-refractivity contribution in [3.05, 3.63) is 0 Å². The molecule has 0 spiro atoms. The van der Waals surface area contributed by atoms with E-state index in [4.69, 9.17) is 0 Å². The number of hydrogen-bond acceptors (Lipinski definition) is 4. The van der Waals surface area contributed by atoms with Crippen LogP contribution in [0, 0.1) is 0 Å². The lowest BCUT2D eigenvalue weighted by molar-refractivity contribution is -0.446. The molecule has 1 aliphatic heterocycles. The SMILES string of the molecule is O=C([O-])CNC1=[NH+]CCN1. The van der Waals surface area contributed by atoms with Gasteiger partial charge < -0.3 is 9.90 Å². The number of nitrogens with one attached hydrogen (secondary N) is 3. The molecule has 0 saturated heterocycles. The minimum atomic E-state index is -1.11. The van der Waals surface area contributed by atoms with Crippen LogP contribution < -0.4 is 20.7 Å². The molecule has 0 aromatic carbocycles. The number of carboxylic acids is 1. The monoisotopic (exact) mass is 143 g/mol. The highest BCUT2D eigenvalue weighted by atomic mass is 16.4. The van der Waals surface area contributed by atoms with Gasteiger partial charge in [0.15, 0.2) is 0 Å². The first-order chi connectivity index (χ1) is 4.79. The molecule has 5 nitrogen and oxygen atoms in total. The largest absolute Gasteiger partial charge is 0.547 e. The lowest BCUT2D eigenvalue weighted by Gasteiger charge is -1.99. The molecule has 0 aromatic heterocycles. The summed E-state index contributed by atoms with van der Waals surface area (Å²) in [6.07, 6.45) is 0. The smallest absolute Gasteiger partial charge is 0.343 e. The third-order valence-corrected chi connectivity index (χ3v) is 1.14. The maximum atomic E-state index is 9.91. The van der Waals surface area contributed by atoms with Gasteiger partial charge in [0.1, 0.15) is 6.54 Å². The maximum Gasteiger partial charge on any atom is 0.343 e. The molecule has 56 valence electrons. The molecule has 5 heteroatoms. The van der Waals surface area contributed by atoms with E-state index in [0.29, 0.717) is 5.96 Å². The van der Waals surface area contributed by atoms with Crippen molar-refractivity contribution in [1.82, 2.24) is 10.6 Å². The molecule has 0 bridgehead atoms. The number of guanidine groups is 1. The molecule has 1 rings (SSSR count). The molecular weight excluding hydrogens is 134 g/mol. The summed E-state index contributed by atoms with van der Waals surface area (Å²) in [5, 5.41) is 15.4. The zero-order chi connectivity index (χ0) is 7.40. The van der Waals surface area contributed by atoms with Gasteiger partial charge in [-0.05, 0) is 0 Å². The second kappa shape index (κ2) is 3.05. The fraction of sp³-hybridized carbons (Fsp3) is 0.600. The third kappa shape index (κ3) is 1.93. The fourth-order valence-corrected chi connectivity index (χ4v) is 0.723. The molecule has 0 saturated carbocycles. The van der Waals surface area contributed by atoms with Crippen molar-refractivity contribution >= 4 is 11.9 Å².